The van der Waals surface area contributed by atoms with Crippen molar-refractivity contribution in [1.29, 1.82) is 0 Å². The minimum atomic E-state index is 0.0293. The topological polar surface area (TPSA) is 64.8 Å². The van der Waals surface area contributed by atoms with Crippen LogP contribution in [0.15, 0.2) is 18.2 Å². The van der Waals surface area contributed by atoms with Gasteiger partial charge in [0.05, 0.1) is 7.11 Å². The average Bonchev–Trinajstić information content (AvgIpc) is 2.50. The highest BCUT2D eigenvalue weighted by molar-refractivity contribution is 5.96. The molecule has 0 aromatic heterocycles. The number of piperidine rings is 1. The molecule has 0 atom stereocenters. The smallest absolute Gasteiger partial charge is 0.164 e. The molecule has 0 spiro atoms. The predicted molar refractivity (Wildman–Crippen MR) is 82.1 cm³/mol. The molecule has 1 aliphatic heterocycles. The van der Waals surface area contributed by atoms with E-state index in [1.165, 1.54) is 0 Å². The van der Waals surface area contributed by atoms with Gasteiger partial charge in [-0.2, -0.15) is 0 Å². The summed E-state index contributed by atoms with van der Waals surface area (Å²) in [5.74, 6) is 1.34. The Kier molecular flexibility index (Phi) is 5.59. The van der Waals surface area contributed by atoms with Crippen LogP contribution in [0.4, 0.5) is 0 Å². The van der Waals surface area contributed by atoms with Gasteiger partial charge in [-0.05, 0) is 44.6 Å². The lowest BCUT2D eigenvalue weighted by Crippen LogP contribution is -2.35. The molecule has 2 N–H and O–H groups in total. The zero-order valence-electron chi connectivity index (χ0n) is 12.8. The summed E-state index contributed by atoms with van der Waals surface area (Å²) < 4.78 is 11.4. The Bertz CT molecular complexity index is 482. The molecule has 5 heteroatoms. The zero-order valence-corrected chi connectivity index (χ0v) is 12.8. The average molecular weight is 292 g/mol. The number of carbonyl (C=O) groups is 1. The fourth-order valence-corrected chi connectivity index (χ4v) is 2.50. The predicted octanol–water partition coefficient (Wildman–Crippen LogP) is 1.70. The normalized spacial score (nSPS) is 16.7. The number of nitrogens with zero attached hydrogens (tertiary/aromatic N) is 1. The Morgan fingerprint density at radius 2 is 2.05 bits per heavy atom. The van der Waals surface area contributed by atoms with Crippen molar-refractivity contribution in [3.05, 3.63) is 23.8 Å². The van der Waals surface area contributed by atoms with Crippen molar-refractivity contribution in [2.75, 3.05) is 33.8 Å². The summed E-state index contributed by atoms with van der Waals surface area (Å²) in [6, 6.07) is 5.34. The number of hydrogen-bond donors (Lipinski definition) is 1. The quantitative estimate of drug-likeness (QED) is 0.808. The molecule has 21 heavy (non-hydrogen) atoms. The van der Waals surface area contributed by atoms with Gasteiger partial charge in [0.15, 0.2) is 17.3 Å². The molecule has 0 amide bonds. The summed E-state index contributed by atoms with van der Waals surface area (Å²) in [6.45, 7) is 2.44. The lowest BCUT2D eigenvalue weighted by atomic mass is 10.1. The maximum absolute atomic E-state index is 11.9. The molecular formula is C16H24N2O3. The molecule has 1 saturated heterocycles. The maximum atomic E-state index is 11.9. The second-order valence-electron chi connectivity index (χ2n) is 5.45. The number of ether oxygens (including phenoxy) is 2. The van der Waals surface area contributed by atoms with Gasteiger partial charge in [0.25, 0.3) is 0 Å². The lowest BCUT2D eigenvalue weighted by molar-refractivity contribution is 0.0984. The van der Waals surface area contributed by atoms with Gasteiger partial charge >= 0.3 is 0 Å². The van der Waals surface area contributed by atoms with Gasteiger partial charge in [-0.3, -0.25) is 4.79 Å². The largest absolute Gasteiger partial charge is 0.493 e. The minimum absolute atomic E-state index is 0.0293. The Balaban J connectivity index is 2.07. The Labute approximate surface area is 126 Å². The molecule has 116 valence electrons. The highest BCUT2D eigenvalue weighted by Crippen LogP contribution is 2.30. The van der Waals surface area contributed by atoms with Gasteiger partial charge in [-0.15, -0.1) is 0 Å². The molecule has 5 nitrogen and oxygen atoms in total. The van der Waals surface area contributed by atoms with Crippen LogP contribution in [0.2, 0.25) is 0 Å². The van der Waals surface area contributed by atoms with Crippen LogP contribution in [-0.2, 0) is 0 Å². The van der Waals surface area contributed by atoms with Crippen molar-refractivity contribution in [2.45, 2.75) is 25.4 Å². The van der Waals surface area contributed by atoms with Gasteiger partial charge in [0.1, 0.15) is 6.10 Å². The van der Waals surface area contributed by atoms with Crippen molar-refractivity contribution in [3.63, 3.8) is 0 Å². The summed E-state index contributed by atoms with van der Waals surface area (Å²) in [6.07, 6.45) is 2.57. The van der Waals surface area contributed by atoms with Crippen molar-refractivity contribution in [3.8, 4) is 11.5 Å². The van der Waals surface area contributed by atoms with Crippen molar-refractivity contribution >= 4 is 5.78 Å². The van der Waals surface area contributed by atoms with E-state index in [0.717, 1.165) is 25.9 Å². The molecule has 1 fully saturated rings. The van der Waals surface area contributed by atoms with Crippen LogP contribution in [0.1, 0.15) is 29.6 Å². The molecule has 2 rings (SSSR count). The van der Waals surface area contributed by atoms with Gasteiger partial charge < -0.3 is 20.1 Å². The number of hydrogen-bond acceptors (Lipinski definition) is 5. The molecule has 0 aliphatic carbocycles. The van der Waals surface area contributed by atoms with E-state index >= 15 is 0 Å². The Hall–Kier alpha value is -1.59. The molecule has 0 bridgehead atoms. The van der Waals surface area contributed by atoms with E-state index in [1.807, 2.05) is 6.07 Å². The monoisotopic (exact) mass is 292 g/mol. The number of methoxy groups -OCH3 is 1. The molecular weight excluding hydrogens is 268 g/mol. The lowest BCUT2D eigenvalue weighted by Gasteiger charge is -2.29. The minimum Gasteiger partial charge on any atom is -0.493 e. The number of ketones is 1. The van der Waals surface area contributed by atoms with Crippen LogP contribution in [0, 0.1) is 0 Å². The highest BCUT2D eigenvalue weighted by atomic mass is 16.5. The first-order chi connectivity index (χ1) is 10.1. The molecule has 0 saturated carbocycles. The van der Waals surface area contributed by atoms with Gasteiger partial charge in [0, 0.05) is 25.1 Å². The fourth-order valence-electron chi connectivity index (χ4n) is 2.50. The van der Waals surface area contributed by atoms with Gasteiger partial charge in [0.2, 0.25) is 0 Å². The Morgan fingerprint density at radius 3 is 2.67 bits per heavy atom. The number of rotatable bonds is 6. The van der Waals surface area contributed by atoms with E-state index in [4.69, 9.17) is 15.2 Å². The first-order valence-electron chi connectivity index (χ1n) is 7.40. The SMILES string of the molecule is COc1cc(C(=O)CCN)ccc1OC1CCN(C)CC1. The second-order valence-corrected chi connectivity index (χ2v) is 5.45. The third kappa shape index (κ3) is 4.19. The van der Waals surface area contributed by atoms with E-state index in [2.05, 4.69) is 11.9 Å². The van der Waals surface area contributed by atoms with E-state index < -0.39 is 0 Å². The van der Waals surface area contributed by atoms with E-state index in [9.17, 15) is 4.79 Å². The van der Waals surface area contributed by atoms with Crippen LogP contribution in [0.3, 0.4) is 0 Å². The van der Waals surface area contributed by atoms with Gasteiger partial charge in [-0.25, -0.2) is 0 Å². The van der Waals surface area contributed by atoms with Crippen molar-refractivity contribution < 1.29 is 14.3 Å². The molecule has 1 aliphatic rings. The molecule has 1 aromatic rings. The molecule has 0 radical (unpaired) electrons. The summed E-state index contributed by atoms with van der Waals surface area (Å²) in [5.41, 5.74) is 6.04. The van der Waals surface area contributed by atoms with Crippen LogP contribution in [0.25, 0.3) is 0 Å². The van der Waals surface area contributed by atoms with Crippen molar-refractivity contribution in [2.24, 2.45) is 5.73 Å². The number of benzene rings is 1. The first kappa shape index (κ1) is 15.8. The molecule has 1 heterocycles. The summed E-state index contributed by atoms with van der Waals surface area (Å²) >= 11 is 0. The van der Waals surface area contributed by atoms with Crippen LogP contribution in [0.5, 0.6) is 11.5 Å². The van der Waals surface area contributed by atoms with Crippen LogP contribution >= 0.6 is 0 Å². The summed E-state index contributed by atoms with van der Waals surface area (Å²) in [7, 11) is 3.71. The molecule has 0 unspecified atom stereocenters. The fraction of sp³-hybridized carbons (Fsp3) is 0.562. The van der Waals surface area contributed by atoms with E-state index in [0.29, 0.717) is 30.0 Å². The molecule has 1 aromatic carbocycles. The highest BCUT2D eigenvalue weighted by Gasteiger charge is 2.20. The third-order valence-corrected chi connectivity index (χ3v) is 3.82. The van der Waals surface area contributed by atoms with Crippen molar-refractivity contribution in [1.82, 2.24) is 4.90 Å². The second kappa shape index (κ2) is 7.43. The van der Waals surface area contributed by atoms with E-state index in [-0.39, 0.29) is 11.9 Å². The Morgan fingerprint density at radius 1 is 1.33 bits per heavy atom. The number of carbonyl (C=O) groups excluding carboxylic acids is 1. The standard InChI is InChI=1S/C16H24N2O3/c1-18-9-6-13(7-10-18)21-15-4-3-12(11-16(15)20-2)14(19)5-8-17/h3-4,11,13H,5-10,17H2,1-2H3. The number of Topliss-reactive ketones (excluding diaryl/α,β-unsaturated/α-hetero) is 1. The summed E-state index contributed by atoms with van der Waals surface area (Å²) in [4.78, 5) is 14.2. The summed E-state index contributed by atoms with van der Waals surface area (Å²) in [5, 5.41) is 0. The maximum Gasteiger partial charge on any atom is 0.164 e. The van der Waals surface area contributed by atoms with Crippen LogP contribution < -0.4 is 15.2 Å². The van der Waals surface area contributed by atoms with Crippen LogP contribution in [-0.4, -0.2) is 50.6 Å². The third-order valence-electron chi connectivity index (χ3n) is 3.82. The van der Waals surface area contributed by atoms with E-state index in [1.54, 1.807) is 19.2 Å². The van der Waals surface area contributed by atoms with Gasteiger partial charge in [-0.1, -0.05) is 0 Å². The zero-order chi connectivity index (χ0) is 15.2. The number of likely N-dealkylation sites (tertiary alicyclic amines) is 1. The number of nitrogens with two attached hydrogens (primary N) is 1. The first-order valence-corrected chi connectivity index (χ1v) is 7.40.